The fraction of sp³-hybridized carbons (Fsp3) is 0.222. The van der Waals surface area contributed by atoms with Crippen LogP contribution in [-0.2, 0) is 16.0 Å². The number of nitrogens with one attached hydrogen (secondary N) is 2. The first kappa shape index (κ1) is 20.9. The van der Waals surface area contributed by atoms with Gasteiger partial charge in [-0.25, -0.2) is 4.98 Å². The molecule has 3 aromatic carbocycles. The Balaban J connectivity index is 1.22. The second-order valence-corrected chi connectivity index (χ2v) is 10.1. The van der Waals surface area contributed by atoms with Crippen LogP contribution in [0.1, 0.15) is 23.9 Å². The zero-order valence-corrected chi connectivity index (χ0v) is 19.8. The Hall–Kier alpha value is -3.71. The quantitative estimate of drug-likeness (QED) is 0.350. The Bertz CT molecular complexity index is 1600. The maximum atomic E-state index is 13.1. The lowest BCUT2D eigenvalue weighted by Gasteiger charge is -2.16. The molecule has 1 atom stereocenters. The Morgan fingerprint density at radius 2 is 2.06 bits per heavy atom. The van der Waals surface area contributed by atoms with Gasteiger partial charge in [0.25, 0.3) is 0 Å². The number of carbonyl (C=O) groups is 2. The van der Waals surface area contributed by atoms with Crippen LogP contribution in [0.5, 0.6) is 0 Å². The highest BCUT2D eigenvalue weighted by atomic mass is 32.1. The van der Waals surface area contributed by atoms with E-state index in [4.69, 9.17) is 0 Å². The average Bonchev–Trinajstić information content (AvgIpc) is 3.51. The van der Waals surface area contributed by atoms with Crippen LogP contribution in [0.15, 0.2) is 54.6 Å². The normalized spacial score (nSPS) is 16.2. The predicted molar refractivity (Wildman–Crippen MR) is 139 cm³/mol. The van der Waals surface area contributed by atoms with Gasteiger partial charge >= 0.3 is 0 Å². The first-order valence-electron chi connectivity index (χ1n) is 11.5. The van der Waals surface area contributed by atoms with E-state index in [1.165, 1.54) is 10.9 Å². The van der Waals surface area contributed by atoms with Gasteiger partial charge in [0, 0.05) is 46.1 Å². The van der Waals surface area contributed by atoms with Crippen LogP contribution in [0.3, 0.4) is 0 Å². The summed E-state index contributed by atoms with van der Waals surface area (Å²) in [4.78, 5) is 35.5. The van der Waals surface area contributed by atoms with E-state index >= 15 is 0 Å². The van der Waals surface area contributed by atoms with Crippen molar-refractivity contribution >= 4 is 66.5 Å². The van der Waals surface area contributed by atoms with Crippen molar-refractivity contribution in [2.45, 2.75) is 26.7 Å². The van der Waals surface area contributed by atoms with Gasteiger partial charge in [-0.3, -0.25) is 9.59 Å². The largest absolute Gasteiger partial charge is 0.354 e. The average molecular weight is 469 g/mol. The highest BCUT2D eigenvalue weighted by Crippen LogP contribution is 2.32. The van der Waals surface area contributed by atoms with Crippen molar-refractivity contribution in [3.63, 3.8) is 0 Å². The van der Waals surface area contributed by atoms with E-state index in [9.17, 15) is 9.59 Å². The molecule has 170 valence electrons. The number of fused-ring (bicyclic) bond motifs is 4. The molecule has 1 unspecified atom stereocenters. The molecule has 34 heavy (non-hydrogen) atoms. The molecular formula is C27H24N4O2S. The van der Waals surface area contributed by atoms with E-state index in [-0.39, 0.29) is 18.2 Å². The molecule has 2 amide bonds. The molecule has 1 fully saturated rings. The third-order valence-corrected chi connectivity index (χ3v) is 7.61. The summed E-state index contributed by atoms with van der Waals surface area (Å²) in [6.45, 7) is 4.49. The molecule has 3 heterocycles. The molecule has 6 nitrogen and oxygen atoms in total. The Kier molecular flexibility index (Phi) is 4.88. The summed E-state index contributed by atoms with van der Waals surface area (Å²) < 4.78 is 1.10. The van der Waals surface area contributed by atoms with Gasteiger partial charge in [0.05, 0.1) is 21.1 Å². The van der Waals surface area contributed by atoms with Gasteiger partial charge in [-0.2, -0.15) is 0 Å². The molecule has 5 aromatic rings. The molecule has 0 radical (unpaired) electrons. The van der Waals surface area contributed by atoms with Crippen LogP contribution in [0.25, 0.3) is 32.0 Å². The maximum absolute atomic E-state index is 13.1. The van der Waals surface area contributed by atoms with Gasteiger partial charge in [-0.05, 0) is 49.2 Å². The van der Waals surface area contributed by atoms with Crippen LogP contribution in [0, 0.1) is 12.8 Å². The van der Waals surface area contributed by atoms with E-state index in [2.05, 4.69) is 40.4 Å². The zero-order valence-electron chi connectivity index (χ0n) is 19.0. The van der Waals surface area contributed by atoms with E-state index in [1.807, 2.05) is 43.3 Å². The van der Waals surface area contributed by atoms with Crippen molar-refractivity contribution in [1.82, 2.24) is 9.97 Å². The Morgan fingerprint density at radius 1 is 1.18 bits per heavy atom. The number of carbonyl (C=O) groups excluding carboxylic acids is 2. The third kappa shape index (κ3) is 3.44. The van der Waals surface area contributed by atoms with Crippen molar-refractivity contribution in [3.05, 3.63) is 65.2 Å². The number of amides is 2. The number of aromatic amines is 1. The standard InChI is InChI=1S/C27H24N4O2S/c1-3-16-5-4-6-21-20-9-7-18(12-22(20)30-26(16)21)29-27(33)17-11-25(32)31(14-17)19-8-10-24-23(13-19)28-15(2)34-24/h4-10,12-13,17,30H,3,11,14H2,1-2H3,(H,29,33). The smallest absolute Gasteiger partial charge is 0.229 e. The molecule has 6 rings (SSSR count). The third-order valence-electron chi connectivity index (χ3n) is 6.65. The summed E-state index contributed by atoms with van der Waals surface area (Å²) in [5.41, 5.74) is 5.82. The van der Waals surface area contributed by atoms with Gasteiger partial charge in [0.2, 0.25) is 11.8 Å². The molecule has 0 spiro atoms. The van der Waals surface area contributed by atoms with E-state index in [0.29, 0.717) is 6.54 Å². The number of hydrogen-bond donors (Lipinski definition) is 2. The summed E-state index contributed by atoms with van der Waals surface area (Å²) in [7, 11) is 0. The minimum Gasteiger partial charge on any atom is -0.354 e. The summed E-state index contributed by atoms with van der Waals surface area (Å²) in [5, 5.41) is 6.35. The fourth-order valence-electron chi connectivity index (χ4n) is 4.94. The number of aryl methyl sites for hydroxylation is 2. The molecule has 7 heteroatoms. The number of anilines is 2. The van der Waals surface area contributed by atoms with Crippen molar-refractivity contribution < 1.29 is 9.59 Å². The molecule has 1 saturated heterocycles. The number of para-hydroxylation sites is 1. The molecule has 0 saturated carbocycles. The highest BCUT2D eigenvalue weighted by molar-refractivity contribution is 7.18. The summed E-state index contributed by atoms with van der Waals surface area (Å²) in [6.07, 6.45) is 1.16. The predicted octanol–water partition coefficient (Wildman–Crippen LogP) is 5.79. The topological polar surface area (TPSA) is 78.1 Å². The second kappa shape index (κ2) is 7.95. The zero-order chi connectivity index (χ0) is 23.4. The Morgan fingerprint density at radius 3 is 2.91 bits per heavy atom. The molecule has 0 aliphatic carbocycles. The molecule has 2 N–H and O–H groups in total. The first-order chi connectivity index (χ1) is 16.5. The van der Waals surface area contributed by atoms with Crippen molar-refractivity contribution in [1.29, 1.82) is 0 Å². The Labute approximate surface area is 200 Å². The number of H-pyrrole nitrogens is 1. The van der Waals surface area contributed by atoms with E-state index < -0.39 is 5.92 Å². The van der Waals surface area contributed by atoms with Gasteiger partial charge < -0.3 is 15.2 Å². The van der Waals surface area contributed by atoms with E-state index in [1.54, 1.807) is 16.2 Å². The van der Waals surface area contributed by atoms with Gasteiger partial charge in [0.15, 0.2) is 0 Å². The lowest BCUT2D eigenvalue weighted by Crippen LogP contribution is -2.28. The maximum Gasteiger partial charge on any atom is 0.229 e. The lowest BCUT2D eigenvalue weighted by molar-refractivity contribution is -0.122. The number of benzene rings is 3. The number of rotatable bonds is 4. The number of hydrogen-bond acceptors (Lipinski definition) is 4. The highest BCUT2D eigenvalue weighted by Gasteiger charge is 2.35. The van der Waals surface area contributed by atoms with Gasteiger partial charge in [-0.1, -0.05) is 31.2 Å². The minimum atomic E-state index is -0.398. The second-order valence-electron chi connectivity index (χ2n) is 8.86. The van der Waals surface area contributed by atoms with Crippen molar-refractivity contribution in [3.8, 4) is 0 Å². The fourth-order valence-corrected chi connectivity index (χ4v) is 5.75. The van der Waals surface area contributed by atoms with Crippen LogP contribution in [0.2, 0.25) is 0 Å². The van der Waals surface area contributed by atoms with Crippen LogP contribution >= 0.6 is 11.3 Å². The lowest BCUT2D eigenvalue weighted by atomic mass is 10.1. The number of aromatic nitrogens is 2. The number of thiazole rings is 1. The van der Waals surface area contributed by atoms with Crippen LogP contribution in [0.4, 0.5) is 11.4 Å². The van der Waals surface area contributed by atoms with Crippen molar-refractivity contribution in [2.24, 2.45) is 5.92 Å². The molecule has 2 aromatic heterocycles. The molecule has 1 aliphatic heterocycles. The SMILES string of the molecule is CCc1cccc2c1[nH]c1cc(NC(=O)C3CC(=O)N(c4ccc5sc(C)nc5c4)C3)ccc12. The molecular weight excluding hydrogens is 444 g/mol. The summed E-state index contributed by atoms with van der Waals surface area (Å²) >= 11 is 1.63. The monoisotopic (exact) mass is 468 g/mol. The van der Waals surface area contributed by atoms with Crippen molar-refractivity contribution in [2.75, 3.05) is 16.8 Å². The first-order valence-corrected chi connectivity index (χ1v) is 12.3. The molecule has 0 bridgehead atoms. The minimum absolute atomic E-state index is 0.0374. The van der Waals surface area contributed by atoms with Crippen LogP contribution < -0.4 is 10.2 Å². The van der Waals surface area contributed by atoms with Gasteiger partial charge in [0.1, 0.15) is 0 Å². The summed E-state index contributed by atoms with van der Waals surface area (Å²) in [6, 6.07) is 18.2. The number of nitrogens with zero attached hydrogens (tertiary/aromatic N) is 2. The van der Waals surface area contributed by atoms with Gasteiger partial charge in [-0.15, -0.1) is 11.3 Å². The molecule has 1 aliphatic rings. The summed E-state index contributed by atoms with van der Waals surface area (Å²) in [5.74, 6) is -0.568. The van der Waals surface area contributed by atoms with Crippen LogP contribution in [-0.4, -0.2) is 28.3 Å². The van der Waals surface area contributed by atoms with E-state index in [0.717, 1.165) is 49.4 Å².